The number of carbonyl (C=O) groups is 1. The second kappa shape index (κ2) is 8.81. The van der Waals surface area contributed by atoms with Crippen molar-refractivity contribution in [3.8, 4) is 0 Å². The molecular weight excluding hydrogens is 460 g/mol. The summed E-state index contributed by atoms with van der Waals surface area (Å²) in [6, 6.07) is 7.59. The molecule has 1 heterocycles. The minimum Gasteiger partial charge on any atom is -0.299 e. The van der Waals surface area contributed by atoms with E-state index in [1.54, 1.807) is 6.07 Å². The first kappa shape index (κ1) is 22.7. The highest BCUT2D eigenvalue weighted by Gasteiger charge is 2.33. The standard InChI is InChI=1S/C23H24Cl2FNO3S/c1-14(28)21-12-22(15-2-3-15)16(8-23(21)26)13-27-6-4-19(5-7-27)31(29,30)20-10-17(24)9-18(25)11-20/h8-12,15,19H,2-7,13H2,1H3. The van der Waals surface area contributed by atoms with Crippen molar-refractivity contribution in [1.29, 1.82) is 0 Å². The second-order valence-corrected chi connectivity index (χ2v) is 11.6. The number of carbonyl (C=O) groups excluding carboxylic acids is 1. The first-order chi connectivity index (χ1) is 14.6. The summed E-state index contributed by atoms with van der Waals surface area (Å²) in [7, 11) is -3.53. The van der Waals surface area contributed by atoms with Crippen LogP contribution in [0.25, 0.3) is 0 Å². The lowest BCUT2D eigenvalue weighted by Crippen LogP contribution is -2.39. The first-order valence-corrected chi connectivity index (χ1v) is 12.7. The first-order valence-electron chi connectivity index (χ1n) is 10.4. The molecule has 1 aliphatic heterocycles. The maximum atomic E-state index is 14.4. The van der Waals surface area contributed by atoms with E-state index in [-0.39, 0.29) is 16.2 Å². The molecule has 1 saturated carbocycles. The molecule has 2 aromatic rings. The van der Waals surface area contributed by atoms with E-state index in [1.165, 1.54) is 31.2 Å². The average molecular weight is 484 g/mol. The molecule has 1 saturated heterocycles. The fraction of sp³-hybridized carbons (Fsp3) is 0.435. The molecule has 2 fully saturated rings. The van der Waals surface area contributed by atoms with E-state index in [0.29, 0.717) is 48.4 Å². The molecule has 0 atom stereocenters. The van der Waals surface area contributed by atoms with Gasteiger partial charge in [-0.3, -0.25) is 9.69 Å². The molecule has 0 bridgehead atoms. The molecule has 4 rings (SSSR count). The Balaban J connectivity index is 1.47. The van der Waals surface area contributed by atoms with Crippen LogP contribution in [-0.4, -0.2) is 37.4 Å². The van der Waals surface area contributed by atoms with Gasteiger partial charge >= 0.3 is 0 Å². The van der Waals surface area contributed by atoms with Crippen LogP contribution in [0.15, 0.2) is 35.2 Å². The topological polar surface area (TPSA) is 54.5 Å². The molecule has 0 aromatic heterocycles. The van der Waals surface area contributed by atoms with Gasteiger partial charge in [0.05, 0.1) is 15.7 Å². The number of Topliss-reactive ketones (excluding diaryl/α,β-unsaturated/α-hetero) is 1. The zero-order valence-electron chi connectivity index (χ0n) is 17.2. The Morgan fingerprint density at radius 1 is 1.03 bits per heavy atom. The molecule has 2 aliphatic rings. The number of likely N-dealkylation sites (tertiary alicyclic amines) is 1. The number of benzene rings is 2. The molecule has 2 aromatic carbocycles. The van der Waals surface area contributed by atoms with Crippen molar-refractivity contribution in [3.63, 3.8) is 0 Å². The van der Waals surface area contributed by atoms with Crippen molar-refractivity contribution in [2.24, 2.45) is 0 Å². The summed E-state index contributed by atoms with van der Waals surface area (Å²) in [6.45, 7) is 3.13. The zero-order valence-corrected chi connectivity index (χ0v) is 19.5. The summed E-state index contributed by atoms with van der Waals surface area (Å²) in [5.74, 6) is -0.362. The summed E-state index contributed by atoms with van der Waals surface area (Å²) in [5.41, 5.74) is 2.10. The van der Waals surface area contributed by atoms with E-state index in [1.807, 2.05) is 0 Å². The van der Waals surface area contributed by atoms with Crippen molar-refractivity contribution < 1.29 is 17.6 Å². The van der Waals surface area contributed by atoms with Crippen molar-refractivity contribution in [3.05, 3.63) is 62.9 Å². The van der Waals surface area contributed by atoms with Gasteiger partial charge in [-0.25, -0.2) is 12.8 Å². The Morgan fingerprint density at radius 2 is 1.65 bits per heavy atom. The fourth-order valence-electron chi connectivity index (χ4n) is 4.32. The van der Waals surface area contributed by atoms with E-state index in [0.717, 1.165) is 24.0 Å². The minimum absolute atomic E-state index is 0.149. The van der Waals surface area contributed by atoms with Crippen LogP contribution in [0.3, 0.4) is 0 Å². The largest absolute Gasteiger partial charge is 0.299 e. The molecule has 4 nitrogen and oxygen atoms in total. The summed E-state index contributed by atoms with van der Waals surface area (Å²) in [5, 5.41) is 0.0947. The van der Waals surface area contributed by atoms with E-state index >= 15 is 0 Å². The number of nitrogens with zero attached hydrogens (tertiary/aromatic N) is 1. The quantitative estimate of drug-likeness (QED) is 0.498. The number of hydrogen-bond acceptors (Lipinski definition) is 4. The van der Waals surface area contributed by atoms with Gasteiger partial charge in [-0.1, -0.05) is 23.2 Å². The molecule has 31 heavy (non-hydrogen) atoms. The second-order valence-electron chi connectivity index (χ2n) is 8.49. The van der Waals surface area contributed by atoms with Gasteiger partial charge in [-0.2, -0.15) is 0 Å². The van der Waals surface area contributed by atoms with Crippen LogP contribution in [0.4, 0.5) is 4.39 Å². The van der Waals surface area contributed by atoms with Gasteiger partial charge in [-0.15, -0.1) is 0 Å². The normalized spacial score (nSPS) is 18.3. The number of halogens is 3. The Bertz CT molecular complexity index is 1100. The van der Waals surface area contributed by atoms with Crippen LogP contribution in [-0.2, 0) is 16.4 Å². The average Bonchev–Trinajstić information content (AvgIpc) is 3.52. The lowest BCUT2D eigenvalue weighted by atomic mass is 9.97. The third-order valence-electron chi connectivity index (χ3n) is 6.16. The van der Waals surface area contributed by atoms with Crippen LogP contribution in [0.1, 0.15) is 60.0 Å². The smallest absolute Gasteiger partial charge is 0.181 e. The third-order valence-corrected chi connectivity index (χ3v) is 8.84. The predicted molar refractivity (Wildman–Crippen MR) is 120 cm³/mol. The lowest BCUT2D eigenvalue weighted by molar-refractivity contribution is 0.101. The van der Waals surface area contributed by atoms with Crippen LogP contribution in [0.2, 0.25) is 10.0 Å². The highest BCUT2D eigenvalue weighted by molar-refractivity contribution is 7.92. The van der Waals surface area contributed by atoms with Crippen molar-refractivity contribution in [2.45, 2.75) is 55.2 Å². The third kappa shape index (κ3) is 4.98. The molecule has 0 amide bonds. The maximum absolute atomic E-state index is 14.4. The molecular formula is C23H24Cl2FNO3S. The monoisotopic (exact) mass is 483 g/mol. The van der Waals surface area contributed by atoms with Gasteiger partial charge in [0.2, 0.25) is 0 Å². The Kier molecular flexibility index (Phi) is 6.46. The summed E-state index contributed by atoms with van der Waals surface area (Å²) < 4.78 is 40.5. The highest BCUT2D eigenvalue weighted by atomic mass is 35.5. The summed E-state index contributed by atoms with van der Waals surface area (Å²) >= 11 is 12.0. The molecule has 1 aliphatic carbocycles. The fourth-order valence-corrected chi connectivity index (χ4v) is 6.77. The predicted octanol–water partition coefficient (Wildman–Crippen LogP) is 5.65. The molecule has 0 N–H and O–H groups in total. The van der Waals surface area contributed by atoms with Gasteiger partial charge < -0.3 is 0 Å². The van der Waals surface area contributed by atoms with Crippen LogP contribution >= 0.6 is 23.2 Å². The maximum Gasteiger partial charge on any atom is 0.181 e. The van der Waals surface area contributed by atoms with Gasteiger partial charge in [0.15, 0.2) is 15.6 Å². The van der Waals surface area contributed by atoms with E-state index in [4.69, 9.17) is 23.2 Å². The molecule has 0 unspecified atom stereocenters. The highest BCUT2D eigenvalue weighted by Crippen LogP contribution is 2.43. The van der Waals surface area contributed by atoms with Gasteiger partial charge in [0.1, 0.15) is 5.82 Å². The summed E-state index contributed by atoms with van der Waals surface area (Å²) in [4.78, 5) is 14.0. The summed E-state index contributed by atoms with van der Waals surface area (Å²) in [6.07, 6.45) is 3.08. The number of ketones is 1. The minimum atomic E-state index is -3.53. The Morgan fingerprint density at radius 3 is 2.19 bits per heavy atom. The van der Waals surface area contributed by atoms with E-state index in [9.17, 15) is 17.6 Å². The van der Waals surface area contributed by atoms with Gasteiger partial charge in [0, 0.05) is 16.6 Å². The van der Waals surface area contributed by atoms with Crippen LogP contribution in [0.5, 0.6) is 0 Å². The van der Waals surface area contributed by atoms with Crippen LogP contribution < -0.4 is 0 Å². The Labute approximate surface area is 192 Å². The lowest BCUT2D eigenvalue weighted by Gasteiger charge is -2.32. The van der Waals surface area contributed by atoms with E-state index in [2.05, 4.69) is 4.90 Å². The molecule has 0 spiro atoms. The molecule has 166 valence electrons. The number of sulfone groups is 1. The van der Waals surface area contributed by atoms with Crippen molar-refractivity contribution in [1.82, 2.24) is 4.90 Å². The van der Waals surface area contributed by atoms with Crippen molar-refractivity contribution in [2.75, 3.05) is 13.1 Å². The van der Waals surface area contributed by atoms with Crippen molar-refractivity contribution >= 4 is 38.8 Å². The SMILES string of the molecule is CC(=O)c1cc(C2CC2)c(CN2CCC(S(=O)(=O)c3cc(Cl)cc(Cl)c3)CC2)cc1F. The van der Waals surface area contributed by atoms with Gasteiger partial charge in [0.25, 0.3) is 0 Å². The number of hydrogen-bond donors (Lipinski definition) is 0. The zero-order chi connectivity index (χ0) is 22.3. The Hall–Kier alpha value is -1.47. The van der Waals surface area contributed by atoms with Gasteiger partial charge in [-0.05, 0) is 93.1 Å². The molecule has 8 heteroatoms. The van der Waals surface area contributed by atoms with E-state index < -0.39 is 20.9 Å². The number of piperidine rings is 1. The number of rotatable bonds is 6. The van der Waals surface area contributed by atoms with Crippen LogP contribution in [0, 0.1) is 5.82 Å². The molecule has 0 radical (unpaired) electrons.